The minimum absolute atomic E-state index is 0. The molecule has 0 aliphatic rings. The number of nitrogens with zero attached hydrogens (tertiary/aromatic N) is 2. The summed E-state index contributed by atoms with van der Waals surface area (Å²) in [7, 11) is 1.91. The van der Waals surface area contributed by atoms with Gasteiger partial charge >= 0.3 is 5.95 Å². The lowest BCUT2D eigenvalue weighted by Gasteiger charge is -2.03. The molecule has 0 atom stereocenters. The summed E-state index contributed by atoms with van der Waals surface area (Å²) in [5.41, 5.74) is 8.80. The zero-order valence-corrected chi connectivity index (χ0v) is 13.2. The van der Waals surface area contributed by atoms with Crippen molar-refractivity contribution in [3.63, 3.8) is 0 Å². The minimum Gasteiger partial charge on any atom is -1.00 e. The molecular weight excluding hydrogens is 368 g/mol. The SMILES string of the molecule is C[n+]1c(N)n(Cc2ccccc2F)c2ccccc21.[I-]. The number of fused-ring (bicyclic) bond motifs is 1. The second kappa shape index (κ2) is 5.78. The molecule has 0 radical (unpaired) electrons. The van der Waals surface area contributed by atoms with Gasteiger partial charge < -0.3 is 24.0 Å². The fourth-order valence-corrected chi connectivity index (χ4v) is 2.37. The van der Waals surface area contributed by atoms with E-state index in [1.807, 2.05) is 46.5 Å². The van der Waals surface area contributed by atoms with Crippen LogP contribution in [0.2, 0.25) is 0 Å². The van der Waals surface area contributed by atoms with Gasteiger partial charge in [-0.25, -0.2) is 13.5 Å². The third-order valence-electron chi connectivity index (χ3n) is 3.44. The number of benzene rings is 2. The number of nitrogen functional groups attached to an aromatic ring is 1. The van der Waals surface area contributed by atoms with Crippen LogP contribution in [0.5, 0.6) is 0 Å². The van der Waals surface area contributed by atoms with Crippen LogP contribution in [0.1, 0.15) is 5.56 Å². The number of para-hydroxylation sites is 2. The Balaban J connectivity index is 0.00000147. The van der Waals surface area contributed by atoms with Gasteiger partial charge in [0.05, 0.1) is 7.05 Å². The molecule has 0 saturated carbocycles. The number of hydrogen-bond donors (Lipinski definition) is 1. The monoisotopic (exact) mass is 383 g/mol. The predicted octanol–water partition coefficient (Wildman–Crippen LogP) is -0.761. The third kappa shape index (κ3) is 2.37. The number of rotatable bonds is 2. The van der Waals surface area contributed by atoms with Gasteiger partial charge in [0.25, 0.3) is 0 Å². The van der Waals surface area contributed by atoms with Gasteiger partial charge in [-0.05, 0) is 18.2 Å². The molecule has 104 valence electrons. The molecule has 3 aromatic rings. The molecule has 2 aromatic carbocycles. The highest BCUT2D eigenvalue weighted by molar-refractivity contribution is 5.74. The quantitative estimate of drug-likeness (QED) is 0.459. The van der Waals surface area contributed by atoms with Crippen LogP contribution in [0.25, 0.3) is 11.0 Å². The Labute approximate surface area is 133 Å². The van der Waals surface area contributed by atoms with Crippen molar-refractivity contribution in [3.8, 4) is 0 Å². The maximum Gasteiger partial charge on any atom is 0.356 e. The van der Waals surface area contributed by atoms with Gasteiger partial charge in [0.2, 0.25) is 0 Å². The Kier molecular flexibility index (Phi) is 4.27. The number of hydrogen-bond acceptors (Lipinski definition) is 1. The molecular formula is C15H15FIN3. The second-order valence-corrected chi connectivity index (χ2v) is 4.58. The van der Waals surface area contributed by atoms with Gasteiger partial charge in [-0.1, -0.05) is 30.3 Å². The minimum atomic E-state index is -0.206. The van der Waals surface area contributed by atoms with Crippen molar-refractivity contribution in [3.05, 3.63) is 59.9 Å². The zero-order valence-electron chi connectivity index (χ0n) is 11.1. The number of nitrogens with two attached hydrogens (primary N) is 1. The van der Waals surface area contributed by atoms with E-state index in [-0.39, 0.29) is 29.8 Å². The van der Waals surface area contributed by atoms with Gasteiger partial charge in [0.1, 0.15) is 23.4 Å². The van der Waals surface area contributed by atoms with Crippen molar-refractivity contribution in [1.29, 1.82) is 0 Å². The van der Waals surface area contributed by atoms with Gasteiger partial charge in [-0.2, -0.15) is 0 Å². The summed E-state index contributed by atoms with van der Waals surface area (Å²) in [5, 5.41) is 0. The predicted molar refractivity (Wildman–Crippen MR) is 73.0 cm³/mol. The molecule has 0 aliphatic carbocycles. The van der Waals surface area contributed by atoms with Crippen molar-refractivity contribution >= 4 is 17.0 Å². The highest BCUT2D eigenvalue weighted by Gasteiger charge is 2.18. The van der Waals surface area contributed by atoms with Gasteiger partial charge in [-0.15, -0.1) is 0 Å². The van der Waals surface area contributed by atoms with Gasteiger partial charge in [0, 0.05) is 5.56 Å². The average molecular weight is 383 g/mol. The van der Waals surface area contributed by atoms with E-state index in [0.717, 1.165) is 11.0 Å². The van der Waals surface area contributed by atoms with Crippen molar-refractivity contribution in [1.82, 2.24) is 4.57 Å². The van der Waals surface area contributed by atoms with Gasteiger partial charge in [-0.3, -0.25) is 5.73 Å². The van der Waals surface area contributed by atoms with Crippen LogP contribution in [-0.4, -0.2) is 4.57 Å². The van der Waals surface area contributed by atoms with Crippen molar-refractivity contribution < 1.29 is 32.9 Å². The highest BCUT2D eigenvalue weighted by Crippen LogP contribution is 2.18. The number of aryl methyl sites for hydroxylation is 1. The summed E-state index contributed by atoms with van der Waals surface area (Å²) in [6, 6.07) is 14.7. The zero-order chi connectivity index (χ0) is 13.4. The van der Waals surface area contributed by atoms with E-state index in [9.17, 15) is 4.39 Å². The summed E-state index contributed by atoms with van der Waals surface area (Å²) < 4.78 is 17.6. The maximum atomic E-state index is 13.8. The Morgan fingerprint density at radius 3 is 2.50 bits per heavy atom. The molecule has 0 amide bonds. The topological polar surface area (TPSA) is 34.8 Å². The van der Waals surface area contributed by atoms with E-state index in [1.165, 1.54) is 6.07 Å². The van der Waals surface area contributed by atoms with Crippen LogP contribution in [0.3, 0.4) is 0 Å². The molecule has 1 heterocycles. The van der Waals surface area contributed by atoms with Crippen LogP contribution in [0.15, 0.2) is 48.5 Å². The molecule has 0 unspecified atom stereocenters. The molecule has 0 bridgehead atoms. The van der Waals surface area contributed by atoms with Crippen LogP contribution < -0.4 is 34.3 Å². The standard InChI is InChI=1S/C15H14FN3.HI/c1-18-13-8-4-5-9-14(13)19(15(18)17)10-11-6-2-3-7-12(11)16;/h2-9,17H,10H2,1H3;1H. The summed E-state index contributed by atoms with van der Waals surface area (Å²) in [4.78, 5) is 0. The number of anilines is 1. The Hall–Kier alpha value is -1.63. The van der Waals surface area contributed by atoms with Crippen LogP contribution in [0.4, 0.5) is 10.3 Å². The van der Waals surface area contributed by atoms with Crippen molar-refractivity contribution in [2.45, 2.75) is 6.54 Å². The van der Waals surface area contributed by atoms with E-state index in [0.29, 0.717) is 18.1 Å². The molecule has 5 heteroatoms. The first kappa shape index (κ1) is 14.8. The first-order chi connectivity index (χ1) is 9.18. The molecule has 0 fully saturated rings. The Morgan fingerprint density at radius 2 is 1.75 bits per heavy atom. The molecule has 0 spiro atoms. The van der Waals surface area contributed by atoms with Crippen LogP contribution in [0, 0.1) is 5.82 Å². The van der Waals surface area contributed by atoms with Crippen molar-refractivity contribution in [2.75, 3.05) is 5.73 Å². The van der Waals surface area contributed by atoms with E-state index in [4.69, 9.17) is 5.73 Å². The summed E-state index contributed by atoms with van der Waals surface area (Å²) >= 11 is 0. The molecule has 20 heavy (non-hydrogen) atoms. The lowest BCUT2D eigenvalue weighted by molar-refractivity contribution is -0.630. The molecule has 3 rings (SSSR count). The lowest BCUT2D eigenvalue weighted by atomic mass is 10.2. The molecule has 0 aliphatic heterocycles. The number of aromatic nitrogens is 2. The van der Waals surface area contributed by atoms with E-state index in [2.05, 4.69) is 0 Å². The van der Waals surface area contributed by atoms with Crippen LogP contribution in [-0.2, 0) is 13.6 Å². The second-order valence-electron chi connectivity index (χ2n) is 4.58. The Morgan fingerprint density at radius 1 is 1.10 bits per heavy atom. The molecule has 0 saturated heterocycles. The van der Waals surface area contributed by atoms with E-state index < -0.39 is 0 Å². The third-order valence-corrected chi connectivity index (χ3v) is 3.44. The number of imidazole rings is 1. The summed E-state index contributed by atoms with van der Waals surface area (Å²) in [5.74, 6) is 0.409. The molecule has 2 N–H and O–H groups in total. The average Bonchev–Trinajstić information content (AvgIpc) is 2.67. The fourth-order valence-electron chi connectivity index (χ4n) is 2.37. The molecule has 3 nitrogen and oxygen atoms in total. The summed E-state index contributed by atoms with van der Waals surface area (Å²) in [6.07, 6.45) is 0. The van der Waals surface area contributed by atoms with Crippen LogP contribution >= 0.6 is 0 Å². The van der Waals surface area contributed by atoms with Gasteiger partial charge in [0.15, 0.2) is 0 Å². The largest absolute Gasteiger partial charge is 1.00 e. The first-order valence-electron chi connectivity index (χ1n) is 6.14. The maximum absolute atomic E-state index is 13.8. The molecule has 1 aromatic heterocycles. The van der Waals surface area contributed by atoms with E-state index >= 15 is 0 Å². The fraction of sp³-hybridized carbons (Fsp3) is 0.133. The smallest absolute Gasteiger partial charge is 0.356 e. The van der Waals surface area contributed by atoms with Crippen molar-refractivity contribution in [2.24, 2.45) is 7.05 Å². The number of halogens is 2. The normalized spacial score (nSPS) is 10.5. The first-order valence-corrected chi connectivity index (χ1v) is 6.14. The van der Waals surface area contributed by atoms with E-state index in [1.54, 1.807) is 12.1 Å². The lowest BCUT2D eigenvalue weighted by Crippen LogP contribution is -3.00. The Bertz CT molecular complexity index is 752. The highest BCUT2D eigenvalue weighted by atomic mass is 127. The summed E-state index contributed by atoms with van der Waals surface area (Å²) in [6.45, 7) is 0.430.